The number of hydrogen-bond donors (Lipinski definition) is 0. The molecular weight excluding hydrogens is 300 g/mol. The van der Waals surface area contributed by atoms with Crippen LogP contribution in [0.3, 0.4) is 0 Å². The van der Waals surface area contributed by atoms with Gasteiger partial charge in [-0.15, -0.1) is 0 Å². The molecule has 0 amide bonds. The molecule has 0 spiro atoms. The number of anilines is 1. The molecule has 0 aromatic carbocycles. The van der Waals surface area contributed by atoms with E-state index in [0.29, 0.717) is 23.7 Å². The second kappa shape index (κ2) is 6.01. The maximum Gasteiger partial charge on any atom is 0.338 e. The summed E-state index contributed by atoms with van der Waals surface area (Å²) in [5, 5.41) is -0.610. The number of ether oxygens (including phenoxy) is 1. The van der Waals surface area contributed by atoms with Crippen molar-refractivity contribution in [2.75, 3.05) is 36.3 Å². The van der Waals surface area contributed by atoms with E-state index in [1.165, 1.54) is 19.6 Å². The van der Waals surface area contributed by atoms with Gasteiger partial charge in [0.05, 0.1) is 12.7 Å². The monoisotopic (exact) mass is 316 g/mol. The minimum Gasteiger partial charge on any atom is -0.465 e. The normalized spacial score (nSPS) is 19.7. The van der Waals surface area contributed by atoms with Crippen molar-refractivity contribution in [3.63, 3.8) is 0 Å². The van der Waals surface area contributed by atoms with E-state index in [1.807, 2.05) is 0 Å². The Balaban J connectivity index is 2.35. The first-order valence-corrected chi connectivity index (χ1v) is 9.12. The summed E-state index contributed by atoms with van der Waals surface area (Å²) in [7, 11) is -1.91. The summed E-state index contributed by atoms with van der Waals surface area (Å²) in [6.45, 7) is 0.583. The van der Waals surface area contributed by atoms with Crippen molar-refractivity contribution in [2.45, 2.75) is 5.37 Å². The van der Waals surface area contributed by atoms with Crippen molar-refractivity contribution >= 4 is 33.4 Å². The maximum absolute atomic E-state index is 11.9. The number of nitrogens with zero attached hydrogens (tertiary/aromatic N) is 2. The SMILES string of the molecule is COC(=O)c1ccnc(N2CCSCC2S(C)(=O)=O)c1. The Bertz CT molecular complexity index is 603. The maximum atomic E-state index is 11.9. The summed E-state index contributed by atoms with van der Waals surface area (Å²) >= 11 is 1.60. The Morgan fingerprint density at radius 2 is 2.30 bits per heavy atom. The predicted molar refractivity (Wildman–Crippen MR) is 78.9 cm³/mol. The zero-order chi connectivity index (χ0) is 14.8. The second-order valence-electron chi connectivity index (χ2n) is 4.45. The van der Waals surface area contributed by atoms with Crippen LogP contribution in [-0.2, 0) is 14.6 Å². The Labute approximate surface area is 122 Å². The first-order chi connectivity index (χ1) is 9.43. The number of hydrogen-bond acceptors (Lipinski definition) is 7. The molecule has 110 valence electrons. The molecular formula is C12H16N2O4S2. The molecule has 1 aromatic heterocycles. The molecule has 8 heteroatoms. The van der Waals surface area contributed by atoms with Crippen molar-refractivity contribution in [3.05, 3.63) is 23.9 Å². The standard InChI is InChI=1S/C12H16N2O4S2/c1-18-12(15)9-3-4-13-10(7-9)14-5-6-19-8-11(14)20(2,16)17/h3-4,7,11H,5-6,8H2,1-2H3. The van der Waals surface area contributed by atoms with Gasteiger partial charge in [0.1, 0.15) is 11.2 Å². The van der Waals surface area contributed by atoms with Crippen molar-refractivity contribution in [3.8, 4) is 0 Å². The Morgan fingerprint density at radius 3 is 2.95 bits per heavy atom. The molecule has 2 heterocycles. The van der Waals surface area contributed by atoms with Crippen molar-refractivity contribution < 1.29 is 17.9 Å². The van der Waals surface area contributed by atoms with E-state index in [0.717, 1.165) is 5.75 Å². The van der Waals surface area contributed by atoms with E-state index in [2.05, 4.69) is 9.72 Å². The number of sulfone groups is 1. The van der Waals surface area contributed by atoms with Crippen LogP contribution in [0.1, 0.15) is 10.4 Å². The first-order valence-electron chi connectivity index (χ1n) is 6.01. The van der Waals surface area contributed by atoms with Crippen LogP contribution in [0.25, 0.3) is 0 Å². The van der Waals surface area contributed by atoms with Crippen LogP contribution in [0.2, 0.25) is 0 Å². The van der Waals surface area contributed by atoms with Crippen LogP contribution < -0.4 is 4.90 Å². The molecule has 1 atom stereocenters. The van der Waals surface area contributed by atoms with Crippen molar-refractivity contribution in [1.82, 2.24) is 4.98 Å². The Kier molecular flexibility index (Phi) is 4.54. The van der Waals surface area contributed by atoms with Gasteiger partial charge in [0, 0.05) is 30.5 Å². The van der Waals surface area contributed by atoms with Crippen LogP contribution in [-0.4, -0.2) is 56.2 Å². The van der Waals surface area contributed by atoms with Crippen LogP contribution in [0, 0.1) is 0 Å². The fraction of sp³-hybridized carbons (Fsp3) is 0.500. The lowest BCUT2D eigenvalue weighted by atomic mass is 10.2. The van der Waals surface area contributed by atoms with Gasteiger partial charge in [-0.1, -0.05) is 0 Å². The summed E-state index contributed by atoms with van der Waals surface area (Å²) in [6.07, 6.45) is 2.71. The smallest absolute Gasteiger partial charge is 0.338 e. The minimum atomic E-state index is -3.21. The fourth-order valence-corrected chi connectivity index (χ4v) is 4.85. The Morgan fingerprint density at radius 1 is 1.55 bits per heavy atom. The van der Waals surface area contributed by atoms with E-state index in [1.54, 1.807) is 28.8 Å². The highest BCUT2D eigenvalue weighted by Crippen LogP contribution is 2.25. The van der Waals surface area contributed by atoms with E-state index >= 15 is 0 Å². The zero-order valence-electron chi connectivity index (χ0n) is 11.3. The van der Waals surface area contributed by atoms with E-state index in [4.69, 9.17) is 0 Å². The molecule has 1 aliphatic heterocycles. The molecule has 0 N–H and O–H groups in total. The van der Waals surface area contributed by atoms with E-state index in [-0.39, 0.29) is 0 Å². The van der Waals surface area contributed by atoms with Gasteiger partial charge in [0.25, 0.3) is 0 Å². The van der Waals surface area contributed by atoms with E-state index in [9.17, 15) is 13.2 Å². The number of thioether (sulfide) groups is 1. The lowest BCUT2D eigenvalue weighted by Crippen LogP contribution is -2.47. The lowest BCUT2D eigenvalue weighted by Gasteiger charge is -2.35. The molecule has 0 bridgehead atoms. The molecule has 0 aliphatic carbocycles. The van der Waals surface area contributed by atoms with Crippen LogP contribution >= 0.6 is 11.8 Å². The van der Waals surface area contributed by atoms with Gasteiger partial charge in [-0.3, -0.25) is 0 Å². The van der Waals surface area contributed by atoms with Crippen molar-refractivity contribution in [2.24, 2.45) is 0 Å². The molecule has 6 nitrogen and oxygen atoms in total. The molecule has 2 rings (SSSR count). The summed E-state index contributed by atoms with van der Waals surface area (Å²) in [6, 6.07) is 3.11. The third kappa shape index (κ3) is 3.24. The van der Waals surface area contributed by atoms with Gasteiger partial charge in [-0.25, -0.2) is 18.2 Å². The number of esters is 1. The van der Waals surface area contributed by atoms with Gasteiger partial charge in [-0.05, 0) is 12.1 Å². The number of rotatable bonds is 3. The largest absolute Gasteiger partial charge is 0.465 e. The summed E-state index contributed by atoms with van der Waals surface area (Å²) in [4.78, 5) is 17.5. The highest BCUT2D eigenvalue weighted by atomic mass is 32.2. The number of pyridine rings is 1. The zero-order valence-corrected chi connectivity index (χ0v) is 12.9. The highest BCUT2D eigenvalue weighted by Gasteiger charge is 2.32. The van der Waals surface area contributed by atoms with Gasteiger partial charge in [0.15, 0.2) is 9.84 Å². The Hall–Kier alpha value is -1.28. The molecule has 1 fully saturated rings. The third-order valence-corrected chi connectivity index (χ3v) is 5.68. The highest BCUT2D eigenvalue weighted by molar-refractivity contribution is 8.01. The number of aromatic nitrogens is 1. The number of carbonyl (C=O) groups is 1. The predicted octanol–water partition coefficient (Wildman–Crippen LogP) is 0.792. The number of methoxy groups -OCH3 is 1. The average Bonchev–Trinajstić information content (AvgIpc) is 2.45. The van der Waals surface area contributed by atoms with Crippen LogP contribution in [0.4, 0.5) is 5.82 Å². The summed E-state index contributed by atoms with van der Waals surface area (Å²) < 4.78 is 28.4. The van der Waals surface area contributed by atoms with Crippen LogP contribution in [0.15, 0.2) is 18.3 Å². The molecule has 20 heavy (non-hydrogen) atoms. The van der Waals surface area contributed by atoms with Crippen molar-refractivity contribution in [1.29, 1.82) is 0 Å². The fourth-order valence-electron chi connectivity index (χ4n) is 2.02. The molecule has 1 unspecified atom stereocenters. The topological polar surface area (TPSA) is 76.6 Å². The number of carbonyl (C=O) groups excluding carboxylic acids is 1. The second-order valence-corrected chi connectivity index (χ2v) is 7.80. The average molecular weight is 316 g/mol. The minimum absolute atomic E-state index is 0.364. The quantitative estimate of drug-likeness (QED) is 0.763. The van der Waals surface area contributed by atoms with Gasteiger partial charge >= 0.3 is 5.97 Å². The first kappa shape index (κ1) is 15.1. The van der Waals surface area contributed by atoms with Gasteiger partial charge in [0.2, 0.25) is 0 Å². The van der Waals surface area contributed by atoms with Gasteiger partial charge < -0.3 is 9.64 Å². The van der Waals surface area contributed by atoms with Crippen LogP contribution in [0.5, 0.6) is 0 Å². The third-order valence-electron chi connectivity index (χ3n) is 3.04. The lowest BCUT2D eigenvalue weighted by molar-refractivity contribution is 0.0600. The van der Waals surface area contributed by atoms with Gasteiger partial charge in [-0.2, -0.15) is 11.8 Å². The molecule has 0 radical (unpaired) electrons. The summed E-state index contributed by atoms with van der Waals surface area (Å²) in [5.74, 6) is 1.36. The van der Waals surface area contributed by atoms with E-state index < -0.39 is 21.2 Å². The molecule has 1 saturated heterocycles. The molecule has 1 aromatic rings. The summed E-state index contributed by atoms with van der Waals surface area (Å²) in [5.41, 5.74) is 0.364. The molecule has 0 saturated carbocycles. The molecule has 1 aliphatic rings.